The maximum Gasteiger partial charge on any atom is 0.101 e. The Kier molecular flexibility index (Phi) is 3.25. The van der Waals surface area contributed by atoms with E-state index in [0.29, 0.717) is 16.5 Å². The molecule has 0 aliphatic carbocycles. The topological polar surface area (TPSA) is 35.8 Å². The molecule has 1 unspecified atom stereocenters. The van der Waals surface area contributed by atoms with Gasteiger partial charge in [-0.2, -0.15) is 5.26 Å². The zero-order valence-electron chi connectivity index (χ0n) is 8.46. The lowest BCUT2D eigenvalue weighted by Crippen LogP contribution is -2.28. The summed E-state index contributed by atoms with van der Waals surface area (Å²) in [5, 5.41) is 12.7. The van der Waals surface area contributed by atoms with Gasteiger partial charge in [-0.05, 0) is 43.0 Å². The summed E-state index contributed by atoms with van der Waals surface area (Å²) in [5.41, 5.74) is 1.80. The van der Waals surface area contributed by atoms with Gasteiger partial charge in [0.15, 0.2) is 0 Å². The van der Waals surface area contributed by atoms with Crippen molar-refractivity contribution in [3.05, 3.63) is 34.3 Å². The first-order valence-corrected chi connectivity index (χ1v) is 5.59. The van der Waals surface area contributed by atoms with Crippen LogP contribution >= 0.6 is 11.6 Å². The molecule has 0 aromatic heterocycles. The average Bonchev–Trinajstić information content (AvgIpc) is 2.30. The van der Waals surface area contributed by atoms with Gasteiger partial charge in [0, 0.05) is 6.54 Å². The van der Waals surface area contributed by atoms with Gasteiger partial charge in [0.25, 0.3) is 0 Å². The molecule has 1 aromatic carbocycles. The van der Waals surface area contributed by atoms with Gasteiger partial charge in [-0.1, -0.05) is 17.7 Å². The summed E-state index contributed by atoms with van der Waals surface area (Å²) in [6, 6.07) is 7.83. The lowest BCUT2D eigenvalue weighted by molar-refractivity contribution is 0.461. The predicted octanol–water partition coefficient (Wildman–Crippen LogP) is 2.68. The van der Waals surface area contributed by atoms with E-state index in [4.69, 9.17) is 16.9 Å². The smallest absolute Gasteiger partial charge is 0.101 e. The maximum absolute atomic E-state index is 8.77. The number of hydrogen-bond acceptors (Lipinski definition) is 2. The molecule has 1 aliphatic rings. The molecule has 0 radical (unpaired) electrons. The van der Waals surface area contributed by atoms with E-state index >= 15 is 0 Å². The molecule has 1 aliphatic heterocycles. The van der Waals surface area contributed by atoms with E-state index in [1.807, 2.05) is 18.2 Å². The van der Waals surface area contributed by atoms with E-state index in [9.17, 15) is 0 Å². The highest BCUT2D eigenvalue weighted by molar-refractivity contribution is 6.31. The molecule has 1 heterocycles. The minimum Gasteiger partial charge on any atom is -0.316 e. The summed E-state index contributed by atoms with van der Waals surface area (Å²) < 4.78 is 0. The second-order valence-corrected chi connectivity index (χ2v) is 4.30. The zero-order valence-corrected chi connectivity index (χ0v) is 9.22. The van der Waals surface area contributed by atoms with Crippen molar-refractivity contribution in [2.45, 2.75) is 18.8 Å². The van der Waals surface area contributed by atoms with Crippen LogP contribution in [0.4, 0.5) is 0 Å². The number of halogens is 1. The fourth-order valence-electron chi connectivity index (χ4n) is 2.01. The number of rotatable bonds is 1. The normalized spacial score (nSPS) is 20.9. The molecule has 0 amide bonds. The minimum absolute atomic E-state index is 0.545. The van der Waals surface area contributed by atoms with Gasteiger partial charge < -0.3 is 5.32 Å². The summed E-state index contributed by atoms with van der Waals surface area (Å²) in [5.74, 6) is 0.545. The molecule has 3 heteroatoms. The Hall–Kier alpha value is -1.04. The summed E-state index contributed by atoms with van der Waals surface area (Å²) in [6.07, 6.45) is 2.41. The van der Waals surface area contributed by atoms with Crippen LogP contribution in [0.15, 0.2) is 18.2 Å². The van der Waals surface area contributed by atoms with Crippen LogP contribution in [0.25, 0.3) is 0 Å². The predicted molar refractivity (Wildman–Crippen MR) is 61.0 cm³/mol. The third kappa shape index (κ3) is 2.31. The van der Waals surface area contributed by atoms with Crippen molar-refractivity contribution < 1.29 is 0 Å². The molecule has 0 bridgehead atoms. The van der Waals surface area contributed by atoms with Crippen molar-refractivity contribution in [2.24, 2.45) is 0 Å². The number of nitriles is 1. The molecule has 1 atom stereocenters. The van der Waals surface area contributed by atoms with E-state index in [1.165, 1.54) is 18.4 Å². The van der Waals surface area contributed by atoms with Gasteiger partial charge in [0.1, 0.15) is 6.07 Å². The Bertz CT molecular complexity index is 389. The van der Waals surface area contributed by atoms with E-state index in [2.05, 4.69) is 11.4 Å². The lowest BCUT2D eigenvalue weighted by atomic mass is 9.91. The summed E-state index contributed by atoms with van der Waals surface area (Å²) in [7, 11) is 0. The van der Waals surface area contributed by atoms with Crippen molar-refractivity contribution in [3.63, 3.8) is 0 Å². The molecule has 2 rings (SSSR count). The first-order chi connectivity index (χ1) is 7.31. The molecular weight excluding hydrogens is 208 g/mol. The van der Waals surface area contributed by atoms with Crippen molar-refractivity contribution >= 4 is 11.6 Å². The molecule has 1 N–H and O–H groups in total. The first-order valence-electron chi connectivity index (χ1n) is 5.21. The Labute approximate surface area is 94.9 Å². The SMILES string of the molecule is N#Cc1ccc(C2CCCNC2)cc1Cl. The molecule has 15 heavy (non-hydrogen) atoms. The number of hydrogen-bond donors (Lipinski definition) is 1. The fraction of sp³-hybridized carbons (Fsp3) is 0.417. The Morgan fingerprint density at radius 3 is 2.93 bits per heavy atom. The Morgan fingerprint density at radius 2 is 2.33 bits per heavy atom. The summed E-state index contributed by atoms with van der Waals surface area (Å²) >= 11 is 6.01. The van der Waals surface area contributed by atoms with Crippen LogP contribution in [0.3, 0.4) is 0 Å². The molecule has 1 fully saturated rings. The number of nitrogens with one attached hydrogen (secondary N) is 1. The van der Waals surface area contributed by atoms with Crippen molar-refractivity contribution in [1.29, 1.82) is 5.26 Å². The second kappa shape index (κ2) is 4.65. The average molecular weight is 221 g/mol. The third-order valence-corrected chi connectivity index (χ3v) is 3.19. The molecule has 1 aromatic rings. The number of nitrogens with zero attached hydrogens (tertiary/aromatic N) is 1. The van der Waals surface area contributed by atoms with Crippen molar-refractivity contribution in [2.75, 3.05) is 13.1 Å². The zero-order chi connectivity index (χ0) is 10.7. The van der Waals surface area contributed by atoms with Crippen molar-refractivity contribution in [3.8, 4) is 6.07 Å². The Balaban J connectivity index is 2.22. The van der Waals surface area contributed by atoms with Crippen LogP contribution < -0.4 is 5.32 Å². The van der Waals surface area contributed by atoms with Gasteiger partial charge in [-0.25, -0.2) is 0 Å². The summed E-state index contributed by atoms with van der Waals surface area (Å²) in [6.45, 7) is 2.13. The minimum atomic E-state index is 0.545. The molecule has 78 valence electrons. The van der Waals surface area contributed by atoms with Crippen LogP contribution in [-0.4, -0.2) is 13.1 Å². The van der Waals surface area contributed by atoms with Gasteiger partial charge in [-0.15, -0.1) is 0 Å². The Morgan fingerprint density at radius 1 is 1.47 bits per heavy atom. The van der Waals surface area contributed by atoms with E-state index in [-0.39, 0.29) is 0 Å². The van der Waals surface area contributed by atoms with Crippen LogP contribution in [0.5, 0.6) is 0 Å². The molecule has 1 saturated heterocycles. The third-order valence-electron chi connectivity index (χ3n) is 2.88. The largest absolute Gasteiger partial charge is 0.316 e. The first kappa shape index (κ1) is 10.5. The van der Waals surface area contributed by atoms with Gasteiger partial charge in [-0.3, -0.25) is 0 Å². The highest BCUT2D eigenvalue weighted by Gasteiger charge is 2.15. The lowest BCUT2D eigenvalue weighted by Gasteiger charge is -2.23. The van der Waals surface area contributed by atoms with Crippen LogP contribution in [0, 0.1) is 11.3 Å². The number of piperidine rings is 1. The molecular formula is C12H13ClN2. The quantitative estimate of drug-likeness (QED) is 0.790. The summed E-state index contributed by atoms with van der Waals surface area (Å²) in [4.78, 5) is 0. The molecule has 2 nitrogen and oxygen atoms in total. The molecule has 0 saturated carbocycles. The highest BCUT2D eigenvalue weighted by atomic mass is 35.5. The van der Waals surface area contributed by atoms with Crippen molar-refractivity contribution in [1.82, 2.24) is 5.32 Å². The van der Waals surface area contributed by atoms with Gasteiger partial charge >= 0.3 is 0 Å². The van der Waals surface area contributed by atoms with Gasteiger partial charge in [0.2, 0.25) is 0 Å². The van der Waals surface area contributed by atoms with E-state index < -0.39 is 0 Å². The maximum atomic E-state index is 8.77. The van der Waals surface area contributed by atoms with Crippen LogP contribution in [0.2, 0.25) is 5.02 Å². The van der Waals surface area contributed by atoms with E-state index in [1.54, 1.807) is 0 Å². The monoisotopic (exact) mass is 220 g/mol. The van der Waals surface area contributed by atoms with Crippen LogP contribution in [-0.2, 0) is 0 Å². The van der Waals surface area contributed by atoms with Gasteiger partial charge in [0.05, 0.1) is 10.6 Å². The fourth-order valence-corrected chi connectivity index (χ4v) is 2.24. The van der Waals surface area contributed by atoms with Crippen LogP contribution in [0.1, 0.15) is 29.9 Å². The van der Waals surface area contributed by atoms with E-state index in [0.717, 1.165) is 13.1 Å². The molecule has 0 spiro atoms. The second-order valence-electron chi connectivity index (χ2n) is 3.89. The standard InChI is InChI=1S/C12H13ClN2/c13-12-6-9(3-4-10(12)7-14)11-2-1-5-15-8-11/h3-4,6,11,15H,1-2,5,8H2. The number of benzene rings is 1. The highest BCUT2D eigenvalue weighted by Crippen LogP contribution is 2.26.